The molecular weight excluding hydrogens is 324 g/mol. The van der Waals surface area contributed by atoms with Crippen molar-refractivity contribution in [2.45, 2.75) is 44.6 Å². The van der Waals surface area contributed by atoms with E-state index in [4.69, 9.17) is 0 Å². The monoisotopic (exact) mass is 344 g/mol. The van der Waals surface area contributed by atoms with Crippen LogP contribution in [0.4, 0.5) is 0 Å². The van der Waals surface area contributed by atoms with Crippen LogP contribution in [0.15, 0.2) is 46.9 Å². The number of benzene rings is 2. The molecule has 0 aromatic heterocycles. The van der Waals surface area contributed by atoms with Crippen LogP contribution >= 0.6 is 15.9 Å². The molecule has 2 heteroatoms. The molecule has 0 aliphatic heterocycles. The van der Waals surface area contributed by atoms with E-state index >= 15 is 0 Å². The van der Waals surface area contributed by atoms with Gasteiger partial charge in [-0.2, -0.15) is 0 Å². The molecule has 1 unspecified atom stereocenters. The Balaban J connectivity index is 1.86. The first-order valence-electron chi connectivity index (χ1n) is 7.70. The van der Waals surface area contributed by atoms with Crippen molar-refractivity contribution in [1.29, 1.82) is 0 Å². The highest BCUT2D eigenvalue weighted by Gasteiger charge is 2.33. The Morgan fingerprint density at radius 2 is 1.86 bits per heavy atom. The van der Waals surface area contributed by atoms with Crippen LogP contribution in [-0.4, -0.2) is 5.11 Å². The van der Waals surface area contributed by atoms with Crippen molar-refractivity contribution in [3.63, 3.8) is 0 Å². The lowest BCUT2D eigenvalue weighted by atomic mass is 9.76. The molecule has 1 aliphatic rings. The maximum Gasteiger partial charge on any atom is 0.0940 e. The van der Waals surface area contributed by atoms with E-state index < -0.39 is 5.60 Å². The van der Waals surface area contributed by atoms with Crippen LogP contribution in [0.25, 0.3) is 0 Å². The molecule has 1 atom stereocenters. The van der Waals surface area contributed by atoms with Gasteiger partial charge in [-0.05, 0) is 53.6 Å². The molecule has 0 saturated carbocycles. The summed E-state index contributed by atoms with van der Waals surface area (Å²) in [6, 6.07) is 14.9. The molecule has 1 aliphatic carbocycles. The molecule has 0 radical (unpaired) electrons. The predicted octanol–water partition coefficient (Wildman–Crippen LogP) is 4.78. The number of hydrogen-bond donors (Lipinski definition) is 1. The molecule has 2 aromatic carbocycles. The van der Waals surface area contributed by atoms with Gasteiger partial charge in [0.25, 0.3) is 0 Å². The second-order valence-corrected chi connectivity index (χ2v) is 6.98. The van der Waals surface area contributed by atoms with Crippen molar-refractivity contribution in [1.82, 2.24) is 0 Å². The van der Waals surface area contributed by atoms with Crippen LogP contribution < -0.4 is 0 Å². The number of rotatable bonds is 3. The van der Waals surface area contributed by atoms with Crippen LogP contribution in [0, 0.1) is 0 Å². The first-order chi connectivity index (χ1) is 10.1. The largest absolute Gasteiger partial charge is 0.385 e. The highest BCUT2D eigenvalue weighted by atomic mass is 79.9. The van der Waals surface area contributed by atoms with Gasteiger partial charge in [0.2, 0.25) is 0 Å². The normalized spacial score (nSPS) is 21.1. The Hall–Kier alpha value is -1.12. The second-order valence-electron chi connectivity index (χ2n) is 6.07. The Kier molecular flexibility index (Phi) is 4.19. The lowest BCUT2D eigenvalue weighted by Gasteiger charge is -2.34. The standard InChI is InChI=1S/C19H21BrO/c1-2-3-14-4-7-17(8-5-14)19(21)11-10-15-12-18(20)9-6-16(15)13-19/h4-9,12,21H,2-3,10-11,13H2,1H3. The fourth-order valence-corrected chi connectivity index (χ4v) is 3.67. The minimum atomic E-state index is -0.717. The Morgan fingerprint density at radius 3 is 2.57 bits per heavy atom. The van der Waals surface area contributed by atoms with E-state index in [1.54, 1.807) is 0 Å². The predicted molar refractivity (Wildman–Crippen MR) is 90.5 cm³/mol. The van der Waals surface area contributed by atoms with Gasteiger partial charge < -0.3 is 5.11 Å². The molecule has 0 heterocycles. The maximum atomic E-state index is 11.1. The summed E-state index contributed by atoms with van der Waals surface area (Å²) in [5.74, 6) is 0. The smallest absolute Gasteiger partial charge is 0.0940 e. The van der Waals surface area contributed by atoms with Crippen LogP contribution in [0.3, 0.4) is 0 Å². The second kappa shape index (κ2) is 5.94. The van der Waals surface area contributed by atoms with Gasteiger partial charge in [0.1, 0.15) is 0 Å². The first kappa shape index (κ1) is 14.8. The van der Waals surface area contributed by atoms with Crippen molar-refractivity contribution in [2.75, 3.05) is 0 Å². The summed E-state index contributed by atoms with van der Waals surface area (Å²) < 4.78 is 1.12. The summed E-state index contributed by atoms with van der Waals surface area (Å²) in [5.41, 5.74) is 4.31. The molecular formula is C19H21BrO. The molecule has 0 bridgehead atoms. The lowest BCUT2D eigenvalue weighted by molar-refractivity contribution is 0.0222. The molecule has 3 rings (SSSR count). The summed E-state index contributed by atoms with van der Waals surface area (Å²) in [7, 11) is 0. The number of hydrogen-bond acceptors (Lipinski definition) is 1. The van der Waals surface area contributed by atoms with E-state index in [1.165, 1.54) is 16.7 Å². The zero-order valence-corrected chi connectivity index (χ0v) is 14.0. The first-order valence-corrected chi connectivity index (χ1v) is 8.49. The molecule has 0 saturated heterocycles. The van der Waals surface area contributed by atoms with Crippen LogP contribution in [-0.2, 0) is 24.9 Å². The van der Waals surface area contributed by atoms with Gasteiger partial charge >= 0.3 is 0 Å². The molecule has 110 valence electrons. The SMILES string of the molecule is CCCc1ccc(C2(O)CCc3cc(Br)ccc3C2)cc1. The van der Waals surface area contributed by atoms with Crippen LogP contribution in [0.5, 0.6) is 0 Å². The molecule has 0 spiro atoms. The quantitative estimate of drug-likeness (QED) is 0.849. The average Bonchev–Trinajstić information content (AvgIpc) is 2.49. The third-order valence-electron chi connectivity index (χ3n) is 4.49. The topological polar surface area (TPSA) is 20.2 Å². The van der Waals surface area contributed by atoms with Gasteiger partial charge in [0.05, 0.1) is 5.60 Å². The highest BCUT2D eigenvalue weighted by molar-refractivity contribution is 9.10. The fourth-order valence-electron chi connectivity index (χ4n) is 3.26. The summed E-state index contributed by atoms with van der Waals surface area (Å²) in [6.07, 6.45) is 4.70. The summed E-state index contributed by atoms with van der Waals surface area (Å²) >= 11 is 3.52. The minimum absolute atomic E-state index is 0.711. The van der Waals surface area contributed by atoms with Crippen molar-refractivity contribution in [3.05, 3.63) is 69.2 Å². The van der Waals surface area contributed by atoms with E-state index in [9.17, 15) is 5.11 Å². The number of aryl methyl sites for hydroxylation is 2. The molecule has 0 amide bonds. The number of halogens is 1. The molecule has 0 fully saturated rings. The van der Waals surface area contributed by atoms with E-state index in [0.29, 0.717) is 6.42 Å². The molecule has 1 N–H and O–H groups in total. The van der Waals surface area contributed by atoms with Gasteiger partial charge in [-0.25, -0.2) is 0 Å². The van der Waals surface area contributed by atoms with Crippen molar-refractivity contribution in [2.24, 2.45) is 0 Å². The molecule has 1 nitrogen and oxygen atoms in total. The zero-order chi connectivity index (χ0) is 14.9. The summed E-state index contributed by atoms with van der Waals surface area (Å²) in [5, 5.41) is 11.1. The molecule has 21 heavy (non-hydrogen) atoms. The highest BCUT2D eigenvalue weighted by Crippen LogP contribution is 2.37. The minimum Gasteiger partial charge on any atom is -0.385 e. The lowest BCUT2D eigenvalue weighted by Crippen LogP contribution is -2.33. The Bertz CT molecular complexity index is 633. The van der Waals surface area contributed by atoms with E-state index in [2.05, 4.69) is 65.3 Å². The van der Waals surface area contributed by atoms with Gasteiger partial charge in [0, 0.05) is 10.9 Å². The van der Waals surface area contributed by atoms with E-state index in [-0.39, 0.29) is 0 Å². The number of fused-ring (bicyclic) bond motifs is 1. The van der Waals surface area contributed by atoms with Gasteiger partial charge in [0.15, 0.2) is 0 Å². The van der Waals surface area contributed by atoms with Gasteiger partial charge in [-0.15, -0.1) is 0 Å². The van der Waals surface area contributed by atoms with Crippen LogP contribution in [0.2, 0.25) is 0 Å². The van der Waals surface area contributed by atoms with Crippen molar-refractivity contribution >= 4 is 15.9 Å². The molecule has 2 aromatic rings. The van der Waals surface area contributed by atoms with Crippen molar-refractivity contribution < 1.29 is 5.11 Å². The van der Waals surface area contributed by atoms with Crippen LogP contribution in [0.1, 0.15) is 42.0 Å². The van der Waals surface area contributed by atoms with Crippen molar-refractivity contribution in [3.8, 4) is 0 Å². The number of aliphatic hydroxyl groups is 1. The summed E-state index contributed by atoms with van der Waals surface area (Å²) in [4.78, 5) is 0. The third kappa shape index (κ3) is 3.07. The average molecular weight is 345 g/mol. The fraction of sp³-hybridized carbons (Fsp3) is 0.368. The van der Waals surface area contributed by atoms with Gasteiger partial charge in [-0.3, -0.25) is 0 Å². The van der Waals surface area contributed by atoms with E-state index in [1.807, 2.05) is 0 Å². The zero-order valence-electron chi connectivity index (χ0n) is 12.4. The van der Waals surface area contributed by atoms with Gasteiger partial charge in [-0.1, -0.05) is 59.6 Å². The maximum absolute atomic E-state index is 11.1. The third-order valence-corrected chi connectivity index (χ3v) is 4.98. The summed E-state index contributed by atoms with van der Waals surface area (Å²) in [6.45, 7) is 2.19. The van der Waals surface area contributed by atoms with E-state index in [0.717, 1.165) is 35.7 Å². The Morgan fingerprint density at radius 1 is 1.10 bits per heavy atom. The Labute approximate surface area is 135 Å².